The van der Waals surface area contributed by atoms with Gasteiger partial charge in [0.25, 0.3) is 0 Å². The second-order valence-corrected chi connectivity index (χ2v) is 5.88. The third-order valence-electron chi connectivity index (χ3n) is 2.61. The van der Waals surface area contributed by atoms with Crippen LogP contribution in [0.1, 0.15) is 10.4 Å². The van der Waals surface area contributed by atoms with E-state index >= 15 is 0 Å². The van der Waals surface area contributed by atoms with Gasteiger partial charge in [0, 0.05) is 12.1 Å². The molecule has 0 saturated carbocycles. The average molecular weight is 477 g/mol. The van der Waals surface area contributed by atoms with E-state index in [2.05, 4.69) is 4.74 Å². The van der Waals surface area contributed by atoms with Crippen molar-refractivity contribution in [2.24, 2.45) is 0 Å². The number of halogens is 6. The second kappa shape index (κ2) is 7.01. The molecule has 128 valence electrons. The summed E-state index contributed by atoms with van der Waals surface area (Å²) in [7, 11) is 0. The lowest BCUT2D eigenvalue weighted by atomic mass is 10.2. The third kappa shape index (κ3) is 4.63. The molecule has 0 radical (unpaired) electrons. The summed E-state index contributed by atoms with van der Waals surface area (Å²) in [5, 5.41) is 8.46. The van der Waals surface area contributed by atoms with E-state index in [0.29, 0.717) is 0 Å². The monoisotopic (exact) mass is 476 g/mol. The number of hydrogen-bond acceptors (Lipinski definition) is 3. The lowest BCUT2D eigenvalue weighted by Gasteiger charge is -2.13. The minimum atomic E-state index is -4.89. The van der Waals surface area contributed by atoms with E-state index in [4.69, 9.17) is 21.4 Å². The Labute approximate surface area is 151 Å². The third-order valence-corrected chi connectivity index (χ3v) is 3.75. The van der Waals surface area contributed by atoms with Crippen molar-refractivity contribution < 1.29 is 36.9 Å². The Kier molecular flexibility index (Phi) is 5.43. The normalized spacial score (nSPS) is 11.2. The van der Waals surface area contributed by atoms with E-state index in [9.17, 15) is 22.4 Å². The van der Waals surface area contributed by atoms with Crippen molar-refractivity contribution in [1.29, 1.82) is 0 Å². The number of aromatic carboxylic acids is 1. The molecule has 0 spiro atoms. The molecule has 10 heteroatoms. The lowest BCUT2D eigenvalue weighted by Crippen LogP contribution is -2.17. The highest BCUT2D eigenvalue weighted by atomic mass is 127. The summed E-state index contributed by atoms with van der Waals surface area (Å²) in [6, 6.07) is 5.07. The van der Waals surface area contributed by atoms with Crippen LogP contribution in [-0.4, -0.2) is 17.4 Å². The van der Waals surface area contributed by atoms with Gasteiger partial charge in [-0.15, -0.1) is 13.2 Å². The molecule has 0 bridgehead atoms. The van der Waals surface area contributed by atoms with Crippen molar-refractivity contribution >= 4 is 40.2 Å². The Balaban J connectivity index is 2.27. The van der Waals surface area contributed by atoms with Gasteiger partial charge in [-0.1, -0.05) is 11.6 Å². The first-order valence-electron chi connectivity index (χ1n) is 6.02. The highest BCUT2D eigenvalue weighted by molar-refractivity contribution is 14.1. The first-order chi connectivity index (χ1) is 11.1. The minimum absolute atomic E-state index is 0.0151. The van der Waals surface area contributed by atoms with Crippen molar-refractivity contribution in [3.63, 3.8) is 0 Å². The van der Waals surface area contributed by atoms with Crippen LogP contribution in [0.15, 0.2) is 30.3 Å². The largest absolute Gasteiger partial charge is 0.573 e. The molecule has 0 atom stereocenters. The van der Waals surface area contributed by atoms with Crippen LogP contribution in [0.25, 0.3) is 0 Å². The van der Waals surface area contributed by atoms with Crippen molar-refractivity contribution in [1.82, 2.24) is 0 Å². The molecule has 1 N–H and O–H groups in total. The Morgan fingerprint density at radius 3 is 2.38 bits per heavy atom. The second-order valence-electron chi connectivity index (χ2n) is 4.31. The van der Waals surface area contributed by atoms with E-state index in [1.165, 1.54) is 0 Å². The molecule has 0 fully saturated rings. The number of hydrogen-bond donors (Lipinski definition) is 1. The van der Waals surface area contributed by atoms with Crippen molar-refractivity contribution in [3.05, 3.63) is 50.3 Å². The van der Waals surface area contributed by atoms with Gasteiger partial charge in [0.15, 0.2) is 0 Å². The fraction of sp³-hybridized carbons (Fsp3) is 0.0714. The zero-order chi connectivity index (χ0) is 18.1. The number of carbonyl (C=O) groups is 1. The smallest absolute Gasteiger partial charge is 0.478 e. The number of benzene rings is 2. The van der Waals surface area contributed by atoms with Crippen LogP contribution in [0.4, 0.5) is 17.6 Å². The number of ether oxygens (including phenoxy) is 2. The molecule has 0 unspecified atom stereocenters. The summed E-state index contributed by atoms with van der Waals surface area (Å²) in [4.78, 5) is 10.8. The van der Waals surface area contributed by atoms with Gasteiger partial charge in [-0.25, -0.2) is 9.18 Å². The summed E-state index contributed by atoms with van der Waals surface area (Å²) in [6.45, 7) is 0. The van der Waals surface area contributed by atoms with Gasteiger partial charge in [0.2, 0.25) is 0 Å². The molecule has 24 heavy (non-hydrogen) atoms. The Morgan fingerprint density at radius 1 is 1.17 bits per heavy atom. The van der Waals surface area contributed by atoms with E-state index < -0.39 is 29.5 Å². The number of rotatable bonds is 4. The maximum atomic E-state index is 13.7. The van der Waals surface area contributed by atoms with Gasteiger partial charge in [0.1, 0.15) is 23.1 Å². The van der Waals surface area contributed by atoms with Crippen LogP contribution in [0.2, 0.25) is 5.02 Å². The summed E-state index contributed by atoms with van der Waals surface area (Å²) in [5.41, 5.74) is -0.529. The van der Waals surface area contributed by atoms with Gasteiger partial charge in [-0.3, -0.25) is 0 Å². The molecular formula is C14H6ClF4IO4. The highest BCUT2D eigenvalue weighted by Gasteiger charge is 2.32. The molecule has 0 aliphatic carbocycles. The average Bonchev–Trinajstić information content (AvgIpc) is 2.44. The molecule has 0 saturated heterocycles. The molecule has 0 aliphatic heterocycles. The first kappa shape index (κ1) is 18.6. The van der Waals surface area contributed by atoms with E-state index in [0.717, 1.165) is 30.3 Å². The summed E-state index contributed by atoms with van der Waals surface area (Å²) in [6.07, 6.45) is -4.89. The molecular weight excluding hydrogens is 470 g/mol. The number of carboxylic acids is 1. The van der Waals surface area contributed by atoms with Gasteiger partial charge < -0.3 is 14.6 Å². The van der Waals surface area contributed by atoms with Crippen molar-refractivity contribution in [3.8, 4) is 17.2 Å². The van der Waals surface area contributed by atoms with E-state index in [1.807, 2.05) is 0 Å². The van der Waals surface area contributed by atoms with Gasteiger partial charge >= 0.3 is 12.3 Å². The summed E-state index contributed by atoms with van der Waals surface area (Å²) >= 11 is 7.42. The van der Waals surface area contributed by atoms with Crippen LogP contribution in [-0.2, 0) is 0 Å². The van der Waals surface area contributed by atoms with Gasteiger partial charge in [-0.2, -0.15) is 0 Å². The first-order valence-corrected chi connectivity index (χ1v) is 7.48. The topological polar surface area (TPSA) is 55.8 Å². The fourth-order valence-corrected chi connectivity index (χ4v) is 2.44. The maximum Gasteiger partial charge on any atom is 0.573 e. The molecule has 0 aliphatic rings. The molecule has 0 amide bonds. The van der Waals surface area contributed by atoms with Crippen LogP contribution in [0.3, 0.4) is 0 Å². The lowest BCUT2D eigenvalue weighted by molar-refractivity contribution is -0.274. The van der Waals surface area contributed by atoms with E-state index in [-0.39, 0.29) is 20.1 Å². The van der Waals surface area contributed by atoms with Crippen LogP contribution >= 0.6 is 34.2 Å². The predicted octanol–water partition coefficient (Wildman–Crippen LogP) is 5.47. The standard InChI is InChI=1S/C14H6ClF4IO4/c15-8-3-6(1-2-11(8)24-14(17,18)19)23-12-5-9(16)7(13(21)22)4-10(12)20/h1-5H,(H,21,22). The van der Waals surface area contributed by atoms with Crippen LogP contribution in [0.5, 0.6) is 17.2 Å². The van der Waals surface area contributed by atoms with Crippen LogP contribution in [0, 0.1) is 9.39 Å². The highest BCUT2D eigenvalue weighted by Crippen LogP contribution is 2.35. The number of alkyl halides is 3. The van der Waals surface area contributed by atoms with Gasteiger partial charge in [0.05, 0.1) is 14.2 Å². The SMILES string of the molecule is O=C(O)c1cc(I)c(Oc2ccc(OC(F)(F)F)c(Cl)c2)cc1F. The molecule has 2 rings (SSSR count). The quantitative estimate of drug-likeness (QED) is 0.470. The molecule has 0 heterocycles. The fourth-order valence-electron chi connectivity index (χ4n) is 1.65. The molecule has 2 aromatic carbocycles. The van der Waals surface area contributed by atoms with Crippen LogP contribution < -0.4 is 9.47 Å². The predicted molar refractivity (Wildman–Crippen MR) is 84.3 cm³/mol. The Morgan fingerprint density at radius 2 is 1.83 bits per heavy atom. The number of carboxylic acid groups (broad SMARTS) is 1. The zero-order valence-electron chi connectivity index (χ0n) is 11.3. The van der Waals surface area contributed by atoms with Crippen molar-refractivity contribution in [2.45, 2.75) is 6.36 Å². The van der Waals surface area contributed by atoms with Gasteiger partial charge in [-0.05, 0) is 40.8 Å². The Bertz CT molecular complexity index is 795. The Hall–Kier alpha value is -1.75. The summed E-state index contributed by atoms with van der Waals surface area (Å²) < 4.78 is 59.5. The maximum absolute atomic E-state index is 13.7. The van der Waals surface area contributed by atoms with Crippen molar-refractivity contribution in [2.75, 3.05) is 0 Å². The zero-order valence-corrected chi connectivity index (χ0v) is 14.2. The summed E-state index contributed by atoms with van der Waals surface area (Å²) in [5.74, 6) is -3.05. The van der Waals surface area contributed by atoms with E-state index in [1.54, 1.807) is 22.6 Å². The molecule has 4 nitrogen and oxygen atoms in total. The molecule has 2 aromatic rings. The minimum Gasteiger partial charge on any atom is -0.478 e. The molecule has 0 aromatic heterocycles.